The summed E-state index contributed by atoms with van der Waals surface area (Å²) in [5.41, 5.74) is 0. The predicted molar refractivity (Wildman–Crippen MR) is 84.9 cm³/mol. The number of anilines is 1. The van der Waals surface area contributed by atoms with Crippen LogP contribution in [0.4, 0.5) is 10.6 Å². The lowest BCUT2D eigenvalue weighted by molar-refractivity contribution is 0.210. The first kappa shape index (κ1) is 15.5. The third kappa shape index (κ3) is 3.89. The molecule has 1 aliphatic rings. The van der Waals surface area contributed by atoms with Gasteiger partial charge in [-0.3, -0.25) is 10.2 Å². The molecule has 2 amide bonds. The number of carbonyl (C=O) groups excluding carboxylic acids is 1. The molecule has 1 fully saturated rings. The highest BCUT2D eigenvalue weighted by Crippen LogP contribution is 2.10. The van der Waals surface area contributed by atoms with E-state index in [1.165, 1.54) is 6.26 Å². The Morgan fingerprint density at radius 2 is 2.26 bits per heavy atom. The van der Waals surface area contributed by atoms with Gasteiger partial charge in [0, 0.05) is 51.2 Å². The summed E-state index contributed by atoms with van der Waals surface area (Å²) < 4.78 is 6.88. The van der Waals surface area contributed by atoms with Crippen LogP contribution >= 0.6 is 0 Å². The molecular weight excluding hydrogens is 296 g/mol. The van der Waals surface area contributed by atoms with Crippen LogP contribution in [-0.4, -0.2) is 56.7 Å². The van der Waals surface area contributed by atoms with Crippen LogP contribution in [0.2, 0.25) is 0 Å². The van der Waals surface area contributed by atoms with E-state index in [9.17, 15) is 4.79 Å². The van der Waals surface area contributed by atoms with Gasteiger partial charge in [-0.05, 0) is 13.3 Å². The van der Waals surface area contributed by atoms with Crippen LogP contribution < -0.4 is 5.32 Å². The van der Waals surface area contributed by atoms with E-state index in [0.29, 0.717) is 12.4 Å². The van der Waals surface area contributed by atoms with Gasteiger partial charge >= 0.3 is 6.03 Å². The quantitative estimate of drug-likeness (QED) is 0.927. The van der Waals surface area contributed by atoms with Gasteiger partial charge < -0.3 is 14.0 Å². The van der Waals surface area contributed by atoms with Gasteiger partial charge in [0.05, 0.1) is 6.54 Å². The lowest BCUT2D eigenvalue weighted by Crippen LogP contribution is -2.38. The summed E-state index contributed by atoms with van der Waals surface area (Å²) in [4.78, 5) is 20.8. The number of rotatable bonds is 4. The maximum absolute atomic E-state index is 12.2. The molecule has 124 valence electrons. The van der Waals surface area contributed by atoms with E-state index >= 15 is 0 Å². The zero-order chi connectivity index (χ0) is 16.1. The molecule has 3 heterocycles. The Labute approximate surface area is 135 Å². The lowest BCUT2D eigenvalue weighted by atomic mass is 10.4. The van der Waals surface area contributed by atoms with Crippen molar-refractivity contribution in [2.24, 2.45) is 0 Å². The number of nitrogens with one attached hydrogen (secondary N) is 1. The minimum absolute atomic E-state index is 0.129. The third-order valence-corrected chi connectivity index (χ3v) is 4.06. The van der Waals surface area contributed by atoms with Crippen molar-refractivity contribution in [1.29, 1.82) is 0 Å². The number of aromatic nitrogens is 3. The number of imidazole rings is 1. The van der Waals surface area contributed by atoms with Crippen LogP contribution in [0, 0.1) is 0 Å². The molecule has 0 spiro atoms. The number of hydrogen-bond acceptors (Lipinski definition) is 5. The molecule has 0 bridgehead atoms. The Balaban J connectivity index is 1.53. The first-order chi connectivity index (χ1) is 11.3. The van der Waals surface area contributed by atoms with Crippen molar-refractivity contribution in [3.8, 4) is 0 Å². The summed E-state index contributed by atoms with van der Waals surface area (Å²) in [6, 6.07) is 1.50. The fraction of sp³-hybridized carbons (Fsp3) is 0.533. The second kappa shape index (κ2) is 7.28. The number of hydrogen-bond donors (Lipinski definition) is 1. The summed E-state index contributed by atoms with van der Waals surface area (Å²) in [6.45, 7) is 7.09. The molecule has 0 aromatic carbocycles. The zero-order valence-electron chi connectivity index (χ0n) is 13.3. The lowest BCUT2D eigenvalue weighted by Gasteiger charge is -2.21. The van der Waals surface area contributed by atoms with Crippen LogP contribution in [0.1, 0.15) is 19.2 Å². The Morgan fingerprint density at radius 1 is 1.35 bits per heavy atom. The highest BCUT2D eigenvalue weighted by atomic mass is 16.5. The SMILES string of the molecule is CCn1ccnc1CN1CCCN(C(=O)Nc2ccon2)CC1. The summed E-state index contributed by atoms with van der Waals surface area (Å²) in [5, 5.41) is 6.45. The van der Waals surface area contributed by atoms with Crippen molar-refractivity contribution in [2.75, 3.05) is 31.5 Å². The average Bonchev–Trinajstić information content (AvgIpc) is 3.15. The van der Waals surface area contributed by atoms with Gasteiger partial charge in [0.15, 0.2) is 5.82 Å². The van der Waals surface area contributed by atoms with E-state index in [4.69, 9.17) is 4.52 Å². The number of nitrogens with zero attached hydrogens (tertiary/aromatic N) is 5. The van der Waals surface area contributed by atoms with Gasteiger partial charge in [-0.1, -0.05) is 5.16 Å². The highest BCUT2D eigenvalue weighted by molar-refractivity contribution is 5.88. The first-order valence-electron chi connectivity index (χ1n) is 7.95. The Morgan fingerprint density at radius 3 is 3.04 bits per heavy atom. The van der Waals surface area contributed by atoms with Crippen molar-refractivity contribution < 1.29 is 9.32 Å². The molecule has 1 saturated heterocycles. The first-order valence-corrected chi connectivity index (χ1v) is 7.95. The van der Waals surface area contributed by atoms with Crippen LogP contribution in [0.15, 0.2) is 29.2 Å². The number of urea groups is 1. The standard InChI is InChI=1S/C15H22N6O2/c1-2-20-8-5-16-14(20)12-19-6-3-7-21(10-9-19)15(22)17-13-4-11-23-18-13/h4-5,8,11H,2-3,6-7,9-10,12H2,1H3,(H,17,18,22). The molecule has 1 aliphatic heterocycles. The fourth-order valence-electron chi connectivity index (χ4n) is 2.78. The monoisotopic (exact) mass is 318 g/mol. The predicted octanol–water partition coefficient (Wildman–Crippen LogP) is 1.63. The average molecular weight is 318 g/mol. The van der Waals surface area contributed by atoms with Crippen molar-refractivity contribution in [3.63, 3.8) is 0 Å². The number of carbonyl (C=O) groups is 1. The van der Waals surface area contributed by atoms with Crippen molar-refractivity contribution in [1.82, 2.24) is 24.5 Å². The second-order valence-corrected chi connectivity index (χ2v) is 5.56. The van der Waals surface area contributed by atoms with E-state index in [1.807, 2.05) is 17.3 Å². The molecule has 8 heteroatoms. The summed E-state index contributed by atoms with van der Waals surface area (Å²) >= 11 is 0. The summed E-state index contributed by atoms with van der Waals surface area (Å²) in [5.74, 6) is 1.52. The molecule has 3 rings (SSSR count). The summed E-state index contributed by atoms with van der Waals surface area (Å²) in [6.07, 6.45) is 6.23. The molecule has 2 aromatic rings. The number of amides is 2. The molecular formula is C15H22N6O2. The third-order valence-electron chi connectivity index (χ3n) is 4.06. The molecule has 1 N–H and O–H groups in total. The molecule has 0 saturated carbocycles. The summed E-state index contributed by atoms with van der Waals surface area (Å²) in [7, 11) is 0. The van der Waals surface area contributed by atoms with E-state index in [2.05, 4.69) is 31.8 Å². The largest absolute Gasteiger partial charge is 0.363 e. The number of aryl methyl sites for hydroxylation is 1. The molecule has 0 aliphatic carbocycles. The van der Waals surface area contributed by atoms with Crippen LogP contribution in [-0.2, 0) is 13.1 Å². The fourth-order valence-corrected chi connectivity index (χ4v) is 2.78. The minimum Gasteiger partial charge on any atom is -0.363 e. The van der Waals surface area contributed by atoms with E-state index in [1.54, 1.807) is 6.07 Å². The van der Waals surface area contributed by atoms with Gasteiger partial charge in [-0.15, -0.1) is 0 Å². The maximum atomic E-state index is 12.2. The molecule has 8 nitrogen and oxygen atoms in total. The highest BCUT2D eigenvalue weighted by Gasteiger charge is 2.20. The molecule has 0 radical (unpaired) electrons. The minimum atomic E-state index is -0.129. The molecule has 0 atom stereocenters. The van der Waals surface area contributed by atoms with Gasteiger partial charge in [-0.2, -0.15) is 0 Å². The zero-order valence-corrected chi connectivity index (χ0v) is 13.3. The maximum Gasteiger partial charge on any atom is 0.323 e. The van der Waals surface area contributed by atoms with Gasteiger partial charge in [0.1, 0.15) is 12.1 Å². The topological polar surface area (TPSA) is 79.4 Å². The van der Waals surface area contributed by atoms with E-state index in [-0.39, 0.29) is 6.03 Å². The Hall–Kier alpha value is -2.35. The second-order valence-electron chi connectivity index (χ2n) is 5.56. The van der Waals surface area contributed by atoms with Gasteiger partial charge in [0.25, 0.3) is 0 Å². The normalized spacial score (nSPS) is 16.3. The van der Waals surface area contributed by atoms with Crippen molar-refractivity contribution in [3.05, 3.63) is 30.5 Å². The van der Waals surface area contributed by atoms with E-state index in [0.717, 1.165) is 45.0 Å². The molecule has 2 aromatic heterocycles. The van der Waals surface area contributed by atoms with Crippen LogP contribution in [0.5, 0.6) is 0 Å². The Bertz CT molecular complexity index is 624. The smallest absolute Gasteiger partial charge is 0.323 e. The van der Waals surface area contributed by atoms with Crippen LogP contribution in [0.25, 0.3) is 0 Å². The van der Waals surface area contributed by atoms with Crippen molar-refractivity contribution >= 4 is 11.8 Å². The van der Waals surface area contributed by atoms with Gasteiger partial charge in [-0.25, -0.2) is 9.78 Å². The molecule has 23 heavy (non-hydrogen) atoms. The van der Waals surface area contributed by atoms with Crippen molar-refractivity contribution in [2.45, 2.75) is 26.4 Å². The van der Waals surface area contributed by atoms with E-state index < -0.39 is 0 Å². The Kier molecular flexibility index (Phi) is 4.92. The van der Waals surface area contributed by atoms with Crippen LogP contribution in [0.3, 0.4) is 0 Å². The van der Waals surface area contributed by atoms with Gasteiger partial charge in [0.2, 0.25) is 0 Å². The molecule has 0 unspecified atom stereocenters.